The van der Waals surface area contributed by atoms with E-state index in [1.54, 1.807) is 11.9 Å². The van der Waals surface area contributed by atoms with Crippen molar-refractivity contribution in [1.29, 1.82) is 0 Å². The number of esters is 1. The Kier molecular flexibility index (Phi) is 4.94. The third-order valence-electron chi connectivity index (χ3n) is 4.54. The molecule has 2 aromatic rings. The maximum Gasteiger partial charge on any atom is 0.309 e. The molecule has 0 N–H and O–H groups in total. The molecule has 2 unspecified atom stereocenters. The van der Waals surface area contributed by atoms with Crippen molar-refractivity contribution in [2.24, 2.45) is 5.92 Å². The third-order valence-corrected chi connectivity index (χ3v) is 4.54. The van der Waals surface area contributed by atoms with Gasteiger partial charge in [0.05, 0.1) is 18.4 Å². The number of amides is 1. The molecule has 1 amide bonds. The average Bonchev–Trinajstić information content (AvgIpc) is 3.04. The molecule has 1 fully saturated rings. The van der Waals surface area contributed by atoms with E-state index in [4.69, 9.17) is 4.74 Å². The second-order valence-electron chi connectivity index (χ2n) is 6.08. The maximum atomic E-state index is 13.1. The number of cyclic esters (lactones) is 1. The third kappa shape index (κ3) is 3.48. The second-order valence-corrected chi connectivity index (χ2v) is 6.08. The van der Waals surface area contributed by atoms with Gasteiger partial charge < -0.3 is 9.64 Å². The van der Waals surface area contributed by atoms with Crippen molar-refractivity contribution < 1.29 is 14.3 Å². The first-order valence-corrected chi connectivity index (χ1v) is 8.21. The van der Waals surface area contributed by atoms with Crippen LogP contribution >= 0.6 is 0 Å². The molecule has 4 nitrogen and oxygen atoms in total. The summed E-state index contributed by atoms with van der Waals surface area (Å²) in [7, 11) is 1.78. The minimum atomic E-state index is -0.355. The summed E-state index contributed by atoms with van der Waals surface area (Å²) in [6.45, 7) is 0.452. The molecule has 0 saturated carbocycles. The van der Waals surface area contributed by atoms with E-state index in [0.717, 1.165) is 11.3 Å². The van der Waals surface area contributed by atoms with Crippen LogP contribution in [0, 0.1) is 5.92 Å². The fraction of sp³-hybridized carbons (Fsp3) is 0.300. The summed E-state index contributed by atoms with van der Waals surface area (Å²) in [5, 5.41) is 0. The number of ether oxygens (including phenoxy) is 1. The molecule has 0 aromatic heterocycles. The summed E-state index contributed by atoms with van der Waals surface area (Å²) in [6.07, 6.45) is 1.17. The number of para-hydroxylation sites is 1. The smallest absolute Gasteiger partial charge is 0.309 e. The molecule has 24 heavy (non-hydrogen) atoms. The van der Waals surface area contributed by atoms with E-state index >= 15 is 0 Å². The first kappa shape index (κ1) is 16.2. The number of hydrogen-bond donors (Lipinski definition) is 0. The number of likely N-dealkylation sites (N-methyl/N-ethyl adjacent to an activating group) is 1. The van der Waals surface area contributed by atoms with Crippen molar-refractivity contribution in [3.8, 4) is 0 Å². The van der Waals surface area contributed by atoms with Crippen molar-refractivity contribution in [3.05, 3.63) is 66.2 Å². The lowest BCUT2D eigenvalue weighted by Gasteiger charge is -2.25. The fourth-order valence-electron chi connectivity index (χ4n) is 3.11. The summed E-state index contributed by atoms with van der Waals surface area (Å²) in [5.74, 6) is -0.756. The van der Waals surface area contributed by atoms with Gasteiger partial charge in [0, 0.05) is 12.7 Å². The largest absolute Gasteiger partial charge is 0.465 e. The van der Waals surface area contributed by atoms with Gasteiger partial charge >= 0.3 is 5.97 Å². The molecule has 0 spiro atoms. The number of carbonyl (C=O) groups excluding carboxylic acids is 2. The Morgan fingerprint density at radius 1 is 1.12 bits per heavy atom. The van der Waals surface area contributed by atoms with Gasteiger partial charge in [0.15, 0.2) is 0 Å². The van der Waals surface area contributed by atoms with Crippen LogP contribution in [0.4, 0.5) is 5.69 Å². The van der Waals surface area contributed by atoms with E-state index in [1.807, 2.05) is 60.7 Å². The topological polar surface area (TPSA) is 46.6 Å². The summed E-state index contributed by atoms with van der Waals surface area (Å²) in [6, 6.07) is 19.2. The maximum absolute atomic E-state index is 13.1. The van der Waals surface area contributed by atoms with Crippen molar-refractivity contribution in [3.63, 3.8) is 0 Å². The van der Waals surface area contributed by atoms with E-state index in [2.05, 4.69) is 0 Å². The SMILES string of the molecule is CN(C(=O)C(CC1CCOC1=O)c1ccccc1)c1ccccc1. The van der Waals surface area contributed by atoms with Crippen LogP contribution < -0.4 is 4.90 Å². The molecular formula is C20H21NO3. The van der Waals surface area contributed by atoms with Crippen molar-refractivity contribution >= 4 is 17.6 Å². The zero-order valence-corrected chi connectivity index (χ0v) is 13.7. The van der Waals surface area contributed by atoms with Gasteiger partial charge in [-0.05, 0) is 30.5 Å². The fourth-order valence-corrected chi connectivity index (χ4v) is 3.11. The van der Waals surface area contributed by atoms with Gasteiger partial charge in [-0.15, -0.1) is 0 Å². The Morgan fingerprint density at radius 3 is 2.33 bits per heavy atom. The minimum absolute atomic E-state index is 0.00731. The normalized spacial score (nSPS) is 18.0. The molecule has 3 rings (SSSR count). The van der Waals surface area contributed by atoms with Crippen LogP contribution in [0.25, 0.3) is 0 Å². The van der Waals surface area contributed by atoms with Gasteiger partial charge in [-0.25, -0.2) is 0 Å². The molecule has 4 heteroatoms. The zero-order chi connectivity index (χ0) is 16.9. The van der Waals surface area contributed by atoms with E-state index in [-0.39, 0.29) is 23.7 Å². The molecule has 1 aliphatic heterocycles. The molecule has 2 aromatic carbocycles. The van der Waals surface area contributed by atoms with Gasteiger partial charge in [-0.2, -0.15) is 0 Å². The number of hydrogen-bond acceptors (Lipinski definition) is 3. The Hall–Kier alpha value is -2.62. The molecule has 124 valence electrons. The van der Waals surface area contributed by atoms with Crippen molar-refractivity contribution in [1.82, 2.24) is 0 Å². The average molecular weight is 323 g/mol. The number of anilines is 1. The van der Waals surface area contributed by atoms with Crippen molar-refractivity contribution in [2.45, 2.75) is 18.8 Å². The first-order valence-electron chi connectivity index (χ1n) is 8.21. The second kappa shape index (κ2) is 7.30. The number of carbonyl (C=O) groups is 2. The van der Waals surface area contributed by atoms with Gasteiger partial charge in [-0.1, -0.05) is 48.5 Å². The molecule has 0 aliphatic carbocycles. The quantitative estimate of drug-likeness (QED) is 0.793. The Balaban J connectivity index is 1.86. The highest BCUT2D eigenvalue weighted by molar-refractivity contribution is 5.98. The summed E-state index contributed by atoms with van der Waals surface area (Å²) < 4.78 is 5.06. The summed E-state index contributed by atoms with van der Waals surface area (Å²) >= 11 is 0. The molecule has 1 heterocycles. The minimum Gasteiger partial charge on any atom is -0.465 e. The van der Waals surface area contributed by atoms with Crippen LogP contribution in [-0.2, 0) is 14.3 Å². The Morgan fingerprint density at radius 2 is 1.75 bits per heavy atom. The van der Waals surface area contributed by atoms with Crippen molar-refractivity contribution in [2.75, 3.05) is 18.6 Å². The van der Waals surface area contributed by atoms with Crippen LogP contribution in [0.1, 0.15) is 24.3 Å². The lowest BCUT2D eigenvalue weighted by molar-refractivity contribution is -0.141. The summed E-state index contributed by atoms with van der Waals surface area (Å²) in [5.41, 5.74) is 1.78. The molecule has 2 atom stereocenters. The van der Waals surface area contributed by atoms with E-state index < -0.39 is 0 Å². The highest BCUT2D eigenvalue weighted by atomic mass is 16.5. The zero-order valence-electron chi connectivity index (χ0n) is 13.7. The van der Waals surface area contributed by atoms with Crippen LogP contribution in [0.2, 0.25) is 0 Å². The molecule has 1 saturated heterocycles. The molecular weight excluding hydrogens is 302 g/mol. The summed E-state index contributed by atoms with van der Waals surface area (Å²) in [4.78, 5) is 26.6. The highest BCUT2D eigenvalue weighted by Gasteiger charge is 2.34. The lowest BCUT2D eigenvalue weighted by atomic mass is 9.87. The van der Waals surface area contributed by atoms with Gasteiger partial charge in [0.1, 0.15) is 0 Å². The van der Waals surface area contributed by atoms with Gasteiger partial charge in [-0.3, -0.25) is 9.59 Å². The van der Waals surface area contributed by atoms with Gasteiger partial charge in [0.2, 0.25) is 5.91 Å². The standard InChI is InChI=1S/C20H21NO3/c1-21(17-10-6-3-7-11-17)19(22)18(15-8-4-2-5-9-15)14-16-12-13-24-20(16)23/h2-11,16,18H,12-14H2,1H3. The predicted octanol–water partition coefficient (Wildman–Crippen LogP) is 3.39. The predicted molar refractivity (Wildman–Crippen MR) is 92.7 cm³/mol. The van der Waals surface area contributed by atoms with Crippen LogP contribution in [0.5, 0.6) is 0 Å². The Labute approximate surface area is 142 Å². The van der Waals surface area contributed by atoms with E-state index in [0.29, 0.717) is 19.4 Å². The number of benzene rings is 2. The van der Waals surface area contributed by atoms with E-state index in [9.17, 15) is 9.59 Å². The number of rotatable bonds is 5. The monoisotopic (exact) mass is 323 g/mol. The van der Waals surface area contributed by atoms with E-state index in [1.165, 1.54) is 0 Å². The molecule has 1 aliphatic rings. The van der Waals surface area contributed by atoms with Crippen LogP contribution in [0.3, 0.4) is 0 Å². The molecule has 0 bridgehead atoms. The Bertz CT molecular complexity index is 699. The number of nitrogens with zero attached hydrogens (tertiary/aromatic N) is 1. The molecule has 0 radical (unpaired) electrons. The lowest BCUT2D eigenvalue weighted by Crippen LogP contribution is -2.33. The highest BCUT2D eigenvalue weighted by Crippen LogP contribution is 2.31. The van der Waals surface area contributed by atoms with Crippen LogP contribution in [0.15, 0.2) is 60.7 Å². The van der Waals surface area contributed by atoms with Crippen LogP contribution in [-0.4, -0.2) is 25.5 Å². The van der Waals surface area contributed by atoms with Gasteiger partial charge in [0.25, 0.3) is 0 Å². The first-order chi connectivity index (χ1) is 11.7.